The fraction of sp³-hybridized carbons (Fsp3) is 1.00. The van der Waals surface area contributed by atoms with Crippen LogP contribution in [0.15, 0.2) is 0 Å². The van der Waals surface area contributed by atoms with E-state index in [1.165, 1.54) is 0 Å². The zero-order chi connectivity index (χ0) is 12.3. The average molecular weight is 255 g/mol. The Balaban J connectivity index is 2.47. The largest absolute Gasteiger partial charge is 0.396 e. The van der Waals surface area contributed by atoms with Crippen LogP contribution in [0.2, 0.25) is 0 Å². The summed E-state index contributed by atoms with van der Waals surface area (Å²) < 4.78 is 10.7. The standard InChI is InChI=1S/C8H18NO6P/c10-5-6-3-9(1-2-16(13,14)15)4-7(11)8(6)12/h6-8,10-12H,1-5H2,(H2,13,14,15)/t6-,7+,8+/m0/s1. The topological polar surface area (TPSA) is 121 Å². The predicted molar refractivity (Wildman–Crippen MR) is 55.9 cm³/mol. The molecular weight excluding hydrogens is 237 g/mol. The molecule has 7 nitrogen and oxygen atoms in total. The lowest BCUT2D eigenvalue weighted by atomic mass is 9.93. The summed E-state index contributed by atoms with van der Waals surface area (Å²) in [6.07, 6.45) is -2.24. The van der Waals surface area contributed by atoms with Crippen molar-refractivity contribution in [2.24, 2.45) is 5.92 Å². The number of hydrogen-bond donors (Lipinski definition) is 5. The average Bonchev–Trinajstić information content (AvgIpc) is 2.18. The fourth-order valence-electron chi connectivity index (χ4n) is 1.82. The molecule has 1 fully saturated rings. The first-order chi connectivity index (χ1) is 7.33. The number of likely N-dealkylation sites (tertiary alicyclic amines) is 1. The van der Waals surface area contributed by atoms with Gasteiger partial charge in [0.15, 0.2) is 0 Å². The lowest BCUT2D eigenvalue weighted by molar-refractivity contribution is -0.0848. The number of rotatable bonds is 4. The number of β-amino-alcohol motifs (C(OH)–C–C–N with tert-alkyl or cyclic N) is 1. The molecule has 16 heavy (non-hydrogen) atoms. The van der Waals surface area contributed by atoms with Crippen LogP contribution in [0, 0.1) is 5.92 Å². The maximum absolute atomic E-state index is 10.7. The highest BCUT2D eigenvalue weighted by Gasteiger charge is 2.34. The summed E-state index contributed by atoms with van der Waals surface area (Å²) in [6.45, 7) is 0.377. The maximum Gasteiger partial charge on any atom is 0.326 e. The Hall–Kier alpha value is -0.0100. The third kappa shape index (κ3) is 4.10. The van der Waals surface area contributed by atoms with E-state index >= 15 is 0 Å². The van der Waals surface area contributed by atoms with Gasteiger partial charge in [0.1, 0.15) is 0 Å². The summed E-state index contributed by atoms with van der Waals surface area (Å²) >= 11 is 0. The number of aliphatic hydroxyl groups excluding tert-OH is 3. The second kappa shape index (κ2) is 5.55. The maximum atomic E-state index is 10.7. The summed E-state index contributed by atoms with van der Waals surface area (Å²) in [6, 6.07) is 0. The van der Waals surface area contributed by atoms with Crippen molar-refractivity contribution in [2.45, 2.75) is 12.2 Å². The predicted octanol–water partition coefficient (Wildman–Crippen LogP) is -2.19. The lowest BCUT2D eigenvalue weighted by Crippen LogP contribution is -2.54. The molecule has 8 heteroatoms. The zero-order valence-corrected chi connectivity index (χ0v) is 9.70. The van der Waals surface area contributed by atoms with E-state index in [9.17, 15) is 14.8 Å². The van der Waals surface area contributed by atoms with Crippen LogP contribution in [0.25, 0.3) is 0 Å². The molecule has 0 spiro atoms. The van der Waals surface area contributed by atoms with Gasteiger partial charge in [-0.3, -0.25) is 9.46 Å². The van der Waals surface area contributed by atoms with Crippen molar-refractivity contribution in [3.63, 3.8) is 0 Å². The Labute approximate surface area is 93.5 Å². The number of hydrogen-bond acceptors (Lipinski definition) is 5. The first-order valence-electron chi connectivity index (χ1n) is 5.07. The zero-order valence-electron chi connectivity index (χ0n) is 8.81. The molecule has 1 rings (SSSR count). The van der Waals surface area contributed by atoms with Gasteiger partial charge in [0.05, 0.1) is 18.4 Å². The Morgan fingerprint density at radius 1 is 1.25 bits per heavy atom. The SMILES string of the molecule is O=P(O)(O)CCN1C[C@@H](CO)[C@@H](O)[C@H](O)C1. The Morgan fingerprint density at radius 3 is 2.38 bits per heavy atom. The Kier molecular flexibility index (Phi) is 4.88. The second-order valence-corrected chi connectivity index (χ2v) is 5.93. The molecule has 1 aliphatic heterocycles. The van der Waals surface area contributed by atoms with E-state index in [0.717, 1.165) is 0 Å². The fourth-order valence-corrected chi connectivity index (χ4v) is 2.36. The van der Waals surface area contributed by atoms with Crippen LogP contribution in [-0.2, 0) is 4.57 Å². The van der Waals surface area contributed by atoms with Gasteiger partial charge in [0, 0.05) is 32.2 Å². The van der Waals surface area contributed by atoms with Crippen LogP contribution >= 0.6 is 7.60 Å². The summed E-state index contributed by atoms with van der Waals surface area (Å²) in [7, 11) is -4.04. The molecule has 0 aliphatic carbocycles. The van der Waals surface area contributed by atoms with Crippen molar-refractivity contribution in [1.82, 2.24) is 4.90 Å². The first-order valence-corrected chi connectivity index (χ1v) is 6.87. The Morgan fingerprint density at radius 2 is 1.88 bits per heavy atom. The van der Waals surface area contributed by atoms with Crippen molar-refractivity contribution in [3.05, 3.63) is 0 Å². The van der Waals surface area contributed by atoms with Gasteiger partial charge >= 0.3 is 7.60 Å². The van der Waals surface area contributed by atoms with Gasteiger partial charge in [0.25, 0.3) is 0 Å². The Bertz CT molecular complexity index is 269. The molecule has 0 saturated carbocycles. The van der Waals surface area contributed by atoms with Crippen molar-refractivity contribution in [2.75, 3.05) is 32.4 Å². The van der Waals surface area contributed by atoms with E-state index in [1.807, 2.05) is 0 Å². The molecular formula is C8H18NO6P. The molecule has 1 saturated heterocycles. The highest BCUT2D eigenvalue weighted by molar-refractivity contribution is 7.51. The molecule has 0 unspecified atom stereocenters. The summed E-state index contributed by atoms with van der Waals surface area (Å²) in [4.78, 5) is 19.1. The quantitative estimate of drug-likeness (QED) is 0.362. The molecule has 0 bridgehead atoms. The van der Waals surface area contributed by atoms with E-state index in [1.54, 1.807) is 4.90 Å². The van der Waals surface area contributed by atoms with Crippen molar-refractivity contribution >= 4 is 7.60 Å². The molecule has 5 N–H and O–H groups in total. The van der Waals surface area contributed by atoms with Crippen LogP contribution in [0.3, 0.4) is 0 Å². The number of piperidine rings is 1. The molecule has 3 atom stereocenters. The van der Waals surface area contributed by atoms with Crippen LogP contribution in [0.4, 0.5) is 0 Å². The van der Waals surface area contributed by atoms with Crippen LogP contribution in [0.1, 0.15) is 0 Å². The molecule has 1 aliphatic rings. The molecule has 0 radical (unpaired) electrons. The van der Waals surface area contributed by atoms with Gasteiger partial charge in [0.2, 0.25) is 0 Å². The first kappa shape index (κ1) is 14.1. The van der Waals surface area contributed by atoms with Crippen molar-refractivity contribution in [3.8, 4) is 0 Å². The van der Waals surface area contributed by atoms with E-state index in [0.29, 0.717) is 6.54 Å². The lowest BCUT2D eigenvalue weighted by Gasteiger charge is -2.38. The second-order valence-electron chi connectivity index (χ2n) is 4.15. The van der Waals surface area contributed by atoms with E-state index in [-0.39, 0.29) is 25.9 Å². The highest BCUT2D eigenvalue weighted by atomic mass is 31.2. The summed E-state index contributed by atoms with van der Waals surface area (Å²) in [5, 5.41) is 27.9. The number of nitrogens with zero attached hydrogens (tertiary/aromatic N) is 1. The minimum absolute atomic E-state index is 0.143. The van der Waals surface area contributed by atoms with Crippen LogP contribution in [0.5, 0.6) is 0 Å². The molecule has 0 aromatic heterocycles. The normalized spacial score (nSPS) is 32.9. The van der Waals surface area contributed by atoms with E-state index < -0.39 is 25.7 Å². The summed E-state index contributed by atoms with van der Waals surface area (Å²) in [5.74, 6) is -0.472. The minimum atomic E-state index is -4.04. The van der Waals surface area contributed by atoms with Gasteiger partial charge in [-0.25, -0.2) is 0 Å². The van der Waals surface area contributed by atoms with Crippen LogP contribution < -0.4 is 0 Å². The van der Waals surface area contributed by atoms with Crippen molar-refractivity contribution < 1.29 is 29.7 Å². The third-order valence-corrected chi connectivity index (χ3v) is 3.54. The molecule has 0 aromatic rings. The monoisotopic (exact) mass is 255 g/mol. The van der Waals surface area contributed by atoms with Gasteiger partial charge in [-0.1, -0.05) is 0 Å². The van der Waals surface area contributed by atoms with Gasteiger partial charge in [-0.2, -0.15) is 0 Å². The molecule has 0 amide bonds. The molecule has 1 heterocycles. The molecule has 96 valence electrons. The van der Waals surface area contributed by atoms with Crippen LogP contribution in [-0.4, -0.2) is 74.6 Å². The van der Waals surface area contributed by atoms with Gasteiger partial charge in [-0.05, 0) is 0 Å². The summed E-state index contributed by atoms with van der Waals surface area (Å²) in [5.41, 5.74) is 0. The molecule has 0 aromatic carbocycles. The van der Waals surface area contributed by atoms with Gasteiger partial charge < -0.3 is 25.1 Å². The van der Waals surface area contributed by atoms with Crippen molar-refractivity contribution in [1.29, 1.82) is 0 Å². The smallest absolute Gasteiger partial charge is 0.326 e. The van der Waals surface area contributed by atoms with E-state index in [2.05, 4.69) is 0 Å². The highest BCUT2D eigenvalue weighted by Crippen LogP contribution is 2.34. The number of aliphatic hydroxyl groups is 3. The third-order valence-electron chi connectivity index (χ3n) is 2.76. The minimum Gasteiger partial charge on any atom is -0.396 e. The van der Waals surface area contributed by atoms with Gasteiger partial charge in [-0.15, -0.1) is 0 Å². The van der Waals surface area contributed by atoms with E-state index in [4.69, 9.17) is 14.9 Å².